The van der Waals surface area contributed by atoms with E-state index in [4.69, 9.17) is 0 Å². The maximum Gasteiger partial charge on any atom is 0.242 e. The monoisotopic (exact) mass is 420 g/mol. The Morgan fingerprint density at radius 1 is 1.03 bits per heavy atom. The molecule has 2 aromatic rings. The molecule has 9 heteroatoms. The summed E-state index contributed by atoms with van der Waals surface area (Å²) in [6, 6.07) is 12.8. The van der Waals surface area contributed by atoms with Gasteiger partial charge in [-0.15, -0.1) is 0 Å². The van der Waals surface area contributed by atoms with Gasteiger partial charge in [0.05, 0.1) is 17.1 Å². The lowest BCUT2D eigenvalue weighted by Gasteiger charge is -2.35. The number of sulfonamides is 1. The average molecular weight is 421 g/mol. The molecule has 0 aromatic heterocycles. The topological polar surface area (TPSA) is 73.0 Å². The van der Waals surface area contributed by atoms with Crippen LogP contribution in [0.5, 0.6) is 0 Å². The van der Waals surface area contributed by atoms with Gasteiger partial charge in [0.2, 0.25) is 15.9 Å². The number of amides is 1. The third kappa shape index (κ3) is 5.11. The van der Waals surface area contributed by atoms with Crippen LogP contribution in [0.3, 0.4) is 0 Å². The Bertz CT molecular complexity index is 956. The van der Waals surface area contributed by atoms with Crippen molar-refractivity contribution >= 4 is 27.3 Å². The van der Waals surface area contributed by atoms with E-state index in [9.17, 15) is 17.6 Å². The van der Waals surface area contributed by atoms with Crippen LogP contribution < -0.4 is 10.2 Å². The van der Waals surface area contributed by atoms with E-state index in [-0.39, 0.29) is 23.2 Å². The predicted octanol–water partition coefficient (Wildman–Crippen LogP) is 1.84. The van der Waals surface area contributed by atoms with Crippen LogP contribution >= 0.6 is 0 Å². The van der Waals surface area contributed by atoms with Crippen LogP contribution in [0.1, 0.15) is 0 Å². The fourth-order valence-electron chi connectivity index (χ4n) is 3.18. The number of hydrogen-bond donors (Lipinski definition) is 1. The molecule has 1 amide bonds. The molecule has 156 valence electrons. The summed E-state index contributed by atoms with van der Waals surface area (Å²) in [6.45, 7) is 2.82. The molecule has 1 heterocycles. The number of halogens is 1. The van der Waals surface area contributed by atoms with Gasteiger partial charge in [0.25, 0.3) is 0 Å². The number of para-hydroxylation sites is 1. The standard InChI is InChI=1S/C20H25FN4O3S/c1-23(2)29(27,28)17-9-7-16(8-10-17)22-20(26)15-24-11-13-25(14-12-24)19-6-4-3-5-18(19)21/h3-10H,11-15H2,1-2H3,(H,22,26). The molecule has 1 fully saturated rings. The summed E-state index contributed by atoms with van der Waals surface area (Å²) >= 11 is 0. The quantitative estimate of drug-likeness (QED) is 0.772. The molecular weight excluding hydrogens is 395 g/mol. The number of nitrogens with zero attached hydrogens (tertiary/aromatic N) is 3. The minimum atomic E-state index is -3.50. The van der Waals surface area contributed by atoms with Crippen molar-refractivity contribution in [3.63, 3.8) is 0 Å². The van der Waals surface area contributed by atoms with Gasteiger partial charge in [0, 0.05) is 46.0 Å². The molecule has 1 aliphatic rings. The summed E-state index contributed by atoms with van der Waals surface area (Å²) in [7, 11) is -0.557. The number of carbonyl (C=O) groups is 1. The van der Waals surface area contributed by atoms with Gasteiger partial charge < -0.3 is 10.2 Å². The zero-order valence-corrected chi connectivity index (χ0v) is 17.3. The third-order valence-corrected chi connectivity index (χ3v) is 6.68. The van der Waals surface area contributed by atoms with Crippen molar-refractivity contribution in [3.05, 3.63) is 54.3 Å². The summed E-state index contributed by atoms with van der Waals surface area (Å²) in [5.74, 6) is -0.411. The molecular formula is C20H25FN4O3S. The molecule has 0 unspecified atom stereocenters. The van der Waals surface area contributed by atoms with Crippen molar-refractivity contribution in [1.82, 2.24) is 9.21 Å². The number of benzene rings is 2. The summed E-state index contributed by atoms with van der Waals surface area (Å²) in [5, 5.41) is 2.79. The Hall–Kier alpha value is -2.49. The van der Waals surface area contributed by atoms with E-state index in [0.29, 0.717) is 37.6 Å². The largest absolute Gasteiger partial charge is 0.367 e. The molecule has 0 spiro atoms. The van der Waals surface area contributed by atoms with Gasteiger partial charge in [-0.25, -0.2) is 17.1 Å². The normalized spacial score (nSPS) is 15.5. The molecule has 1 N–H and O–H groups in total. The van der Waals surface area contributed by atoms with E-state index in [0.717, 1.165) is 4.31 Å². The van der Waals surface area contributed by atoms with Gasteiger partial charge in [-0.2, -0.15) is 0 Å². The highest BCUT2D eigenvalue weighted by molar-refractivity contribution is 7.89. The van der Waals surface area contributed by atoms with E-state index in [1.165, 1.54) is 32.3 Å². The van der Waals surface area contributed by atoms with Gasteiger partial charge in [-0.1, -0.05) is 12.1 Å². The number of rotatable bonds is 6. The Morgan fingerprint density at radius 2 is 1.66 bits per heavy atom. The minimum Gasteiger partial charge on any atom is -0.367 e. The van der Waals surface area contributed by atoms with Crippen molar-refractivity contribution in [2.45, 2.75) is 4.90 Å². The highest BCUT2D eigenvalue weighted by Gasteiger charge is 2.21. The van der Waals surface area contributed by atoms with Crippen LogP contribution in [0.4, 0.5) is 15.8 Å². The minimum absolute atomic E-state index is 0.171. The molecule has 3 rings (SSSR count). The van der Waals surface area contributed by atoms with Crippen molar-refractivity contribution in [2.24, 2.45) is 0 Å². The first kappa shape index (κ1) is 21.2. The van der Waals surface area contributed by atoms with Crippen molar-refractivity contribution in [3.8, 4) is 0 Å². The Labute approximate surface area is 170 Å². The second kappa shape index (κ2) is 8.89. The first-order chi connectivity index (χ1) is 13.8. The van der Waals surface area contributed by atoms with Crippen LogP contribution in [0.15, 0.2) is 53.4 Å². The van der Waals surface area contributed by atoms with Crippen LogP contribution in [-0.4, -0.2) is 70.3 Å². The highest BCUT2D eigenvalue weighted by Crippen LogP contribution is 2.20. The highest BCUT2D eigenvalue weighted by atomic mass is 32.2. The zero-order chi connectivity index (χ0) is 21.0. The molecule has 1 saturated heterocycles. The van der Waals surface area contributed by atoms with Crippen molar-refractivity contribution < 1.29 is 17.6 Å². The van der Waals surface area contributed by atoms with E-state index in [1.807, 2.05) is 15.9 Å². The van der Waals surface area contributed by atoms with Gasteiger partial charge >= 0.3 is 0 Å². The molecule has 0 aliphatic carbocycles. The van der Waals surface area contributed by atoms with Crippen LogP contribution in [0.25, 0.3) is 0 Å². The molecule has 2 aromatic carbocycles. The van der Waals surface area contributed by atoms with E-state index in [2.05, 4.69) is 5.32 Å². The number of hydrogen-bond acceptors (Lipinski definition) is 5. The maximum atomic E-state index is 13.9. The maximum absolute atomic E-state index is 13.9. The molecule has 0 saturated carbocycles. The summed E-state index contributed by atoms with van der Waals surface area (Å²) in [4.78, 5) is 16.5. The third-order valence-electron chi connectivity index (χ3n) is 4.85. The van der Waals surface area contributed by atoms with E-state index < -0.39 is 10.0 Å². The molecule has 7 nitrogen and oxygen atoms in total. The molecule has 0 radical (unpaired) electrons. The lowest BCUT2D eigenvalue weighted by molar-refractivity contribution is -0.117. The van der Waals surface area contributed by atoms with Gasteiger partial charge in [-0.05, 0) is 36.4 Å². The summed E-state index contributed by atoms with van der Waals surface area (Å²) in [5.41, 5.74) is 1.13. The number of carbonyl (C=O) groups excluding carboxylic acids is 1. The number of piperazine rings is 1. The molecule has 0 bridgehead atoms. The second-order valence-corrected chi connectivity index (χ2v) is 9.23. The van der Waals surface area contributed by atoms with Crippen molar-refractivity contribution in [2.75, 3.05) is 57.0 Å². The Kier molecular flexibility index (Phi) is 6.51. The van der Waals surface area contributed by atoms with Crippen LogP contribution in [0, 0.1) is 5.82 Å². The summed E-state index contributed by atoms with van der Waals surface area (Å²) in [6.07, 6.45) is 0. The second-order valence-electron chi connectivity index (χ2n) is 7.07. The van der Waals surface area contributed by atoms with Gasteiger partial charge in [0.15, 0.2) is 0 Å². The number of anilines is 2. The Balaban J connectivity index is 1.51. The lowest BCUT2D eigenvalue weighted by Crippen LogP contribution is -2.48. The van der Waals surface area contributed by atoms with Crippen LogP contribution in [0.2, 0.25) is 0 Å². The molecule has 1 aliphatic heterocycles. The summed E-state index contributed by atoms with van der Waals surface area (Å²) < 4.78 is 39.2. The molecule has 0 atom stereocenters. The fourth-order valence-corrected chi connectivity index (χ4v) is 4.08. The zero-order valence-electron chi connectivity index (χ0n) is 16.5. The molecule has 29 heavy (non-hydrogen) atoms. The average Bonchev–Trinajstić information content (AvgIpc) is 2.69. The van der Waals surface area contributed by atoms with Gasteiger partial charge in [-0.3, -0.25) is 9.69 Å². The van der Waals surface area contributed by atoms with Crippen molar-refractivity contribution in [1.29, 1.82) is 0 Å². The van der Waals surface area contributed by atoms with E-state index in [1.54, 1.807) is 24.3 Å². The van der Waals surface area contributed by atoms with Crippen LogP contribution in [-0.2, 0) is 14.8 Å². The smallest absolute Gasteiger partial charge is 0.242 e. The number of nitrogens with one attached hydrogen (secondary N) is 1. The van der Waals surface area contributed by atoms with E-state index >= 15 is 0 Å². The first-order valence-corrected chi connectivity index (χ1v) is 10.8. The SMILES string of the molecule is CN(C)S(=O)(=O)c1ccc(NC(=O)CN2CCN(c3ccccc3F)CC2)cc1. The van der Waals surface area contributed by atoms with Gasteiger partial charge in [0.1, 0.15) is 5.82 Å². The predicted molar refractivity (Wildman–Crippen MR) is 111 cm³/mol. The fraction of sp³-hybridized carbons (Fsp3) is 0.350. The lowest BCUT2D eigenvalue weighted by atomic mass is 10.2. The first-order valence-electron chi connectivity index (χ1n) is 9.31. The Morgan fingerprint density at radius 3 is 2.24 bits per heavy atom.